The van der Waals surface area contributed by atoms with Crippen LogP contribution >= 0.6 is 0 Å². The smallest absolute Gasteiger partial charge is 0.253 e. The van der Waals surface area contributed by atoms with E-state index in [0.29, 0.717) is 6.54 Å². The van der Waals surface area contributed by atoms with Crippen LogP contribution in [0.25, 0.3) is 0 Å². The summed E-state index contributed by atoms with van der Waals surface area (Å²) in [6.07, 6.45) is 6.70. The summed E-state index contributed by atoms with van der Waals surface area (Å²) in [5.41, 5.74) is 14.8. The number of aliphatic imine (C=N–C) groups is 1. The third-order valence-electron chi connectivity index (χ3n) is 6.76. The summed E-state index contributed by atoms with van der Waals surface area (Å²) in [6.45, 7) is 3.50. The maximum Gasteiger partial charge on any atom is 0.253 e. The average molecular weight is 485 g/mol. The molecular formula is C31H40N4O. The minimum atomic E-state index is 0.0527. The number of benzene rings is 3. The zero-order valence-electron chi connectivity index (χ0n) is 21.6. The van der Waals surface area contributed by atoms with Crippen molar-refractivity contribution in [1.82, 2.24) is 4.90 Å². The zero-order valence-corrected chi connectivity index (χ0v) is 21.6. The lowest BCUT2D eigenvalue weighted by atomic mass is 9.89. The van der Waals surface area contributed by atoms with Crippen molar-refractivity contribution in [2.75, 3.05) is 20.1 Å². The molecular weight excluding hydrogens is 444 g/mol. The molecule has 1 amide bonds. The van der Waals surface area contributed by atoms with Crippen molar-refractivity contribution in [3.05, 3.63) is 107 Å². The number of rotatable bonds is 7. The van der Waals surface area contributed by atoms with E-state index in [2.05, 4.69) is 29.3 Å². The van der Waals surface area contributed by atoms with Gasteiger partial charge in [-0.25, -0.2) is 0 Å². The van der Waals surface area contributed by atoms with Gasteiger partial charge in [0.25, 0.3) is 5.91 Å². The van der Waals surface area contributed by atoms with Crippen LogP contribution in [0, 0.1) is 12.8 Å². The standard InChI is InChI=1S/C23H23NO.C8H17N3/c1-18-13-15-21(16-14-18)23(25)24(2)17-22(19-9-5-3-6-10-19)20-11-7-4-8-12-20;9-8(10)11-6-7-4-2-1-3-5-7/h3-16,22H,17H2,1-2H3;7H,1-6H2,(H4,9,10,11). The molecule has 0 atom stereocenters. The van der Waals surface area contributed by atoms with E-state index in [1.807, 2.05) is 79.5 Å². The highest BCUT2D eigenvalue weighted by Gasteiger charge is 2.20. The van der Waals surface area contributed by atoms with Crippen molar-refractivity contribution in [3.63, 3.8) is 0 Å². The Morgan fingerprint density at radius 3 is 1.89 bits per heavy atom. The van der Waals surface area contributed by atoms with Crippen molar-refractivity contribution in [3.8, 4) is 0 Å². The minimum Gasteiger partial charge on any atom is -0.370 e. The van der Waals surface area contributed by atoms with E-state index in [0.717, 1.165) is 23.6 Å². The van der Waals surface area contributed by atoms with Gasteiger partial charge in [-0.2, -0.15) is 0 Å². The number of carbonyl (C=O) groups is 1. The summed E-state index contributed by atoms with van der Waals surface area (Å²) in [5, 5.41) is 0. The molecule has 5 heteroatoms. The highest BCUT2D eigenvalue weighted by Crippen LogP contribution is 2.26. The number of guanidine groups is 1. The van der Waals surface area contributed by atoms with Crippen molar-refractivity contribution in [2.24, 2.45) is 22.4 Å². The number of aryl methyl sites for hydroxylation is 1. The van der Waals surface area contributed by atoms with Crippen LogP contribution in [0.2, 0.25) is 0 Å². The van der Waals surface area contributed by atoms with Gasteiger partial charge in [0, 0.05) is 31.6 Å². The number of carbonyl (C=O) groups excluding carboxylic acids is 1. The molecule has 0 saturated heterocycles. The second-order valence-corrected chi connectivity index (χ2v) is 9.70. The van der Waals surface area contributed by atoms with Gasteiger partial charge in [-0.15, -0.1) is 0 Å². The molecule has 1 fully saturated rings. The Hall–Kier alpha value is -3.60. The molecule has 0 heterocycles. The number of nitrogens with two attached hydrogens (primary N) is 2. The van der Waals surface area contributed by atoms with Gasteiger partial charge in [0.1, 0.15) is 0 Å². The lowest BCUT2D eigenvalue weighted by Crippen LogP contribution is -2.31. The van der Waals surface area contributed by atoms with Crippen LogP contribution in [0.1, 0.15) is 65.1 Å². The van der Waals surface area contributed by atoms with Gasteiger partial charge in [-0.05, 0) is 48.9 Å². The van der Waals surface area contributed by atoms with Gasteiger partial charge in [0.15, 0.2) is 5.96 Å². The molecule has 1 aliphatic rings. The van der Waals surface area contributed by atoms with Crippen LogP contribution in [0.15, 0.2) is 89.9 Å². The highest BCUT2D eigenvalue weighted by molar-refractivity contribution is 5.94. The summed E-state index contributed by atoms with van der Waals surface area (Å²) < 4.78 is 0. The first kappa shape index (κ1) is 27.0. The molecule has 0 radical (unpaired) electrons. The van der Waals surface area contributed by atoms with Crippen molar-refractivity contribution >= 4 is 11.9 Å². The van der Waals surface area contributed by atoms with Gasteiger partial charge in [-0.3, -0.25) is 9.79 Å². The second kappa shape index (κ2) is 14.1. The van der Waals surface area contributed by atoms with E-state index < -0.39 is 0 Å². The topological polar surface area (TPSA) is 84.7 Å². The maximum atomic E-state index is 12.8. The Morgan fingerprint density at radius 1 is 0.861 bits per heavy atom. The predicted molar refractivity (Wildman–Crippen MR) is 150 cm³/mol. The van der Waals surface area contributed by atoms with E-state index >= 15 is 0 Å². The van der Waals surface area contributed by atoms with E-state index in [-0.39, 0.29) is 17.8 Å². The van der Waals surface area contributed by atoms with Gasteiger partial charge in [0.2, 0.25) is 0 Å². The zero-order chi connectivity index (χ0) is 25.8. The van der Waals surface area contributed by atoms with Crippen molar-refractivity contribution < 1.29 is 4.79 Å². The number of hydrogen-bond donors (Lipinski definition) is 2. The molecule has 0 spiro atoms. The largest absolute Gasteiger partial charge is 0.370 e. The van der Waals surface area contributed by atoms with E-state index in [1.165, 1.54) is 43.2 Å². The van der Waals surface area contributed by atoms with Gasteiger partial charge >= 0.3 is 0 Å². The van der Waals surface area contributed by atoms with Crippen molar-refractivity contribution in [1.29, 1.82) is 0 Å². The fraction of sp³-hybridized carbons (Fsp3) is 0.355. The molecule has 3 aromatic rings. The molecule has 1 saturated carbocycles. The van der Waals surface area contributed by atoms with Crippen LogP contribution in [-0.4, -0.2) is 36.9 Å². The van der Waals surface area contributed by atoms with Crippen molar-refractivity contribution in [2.45, 2.75) is 44.9 Å². The molecule has 0 bridgehead atoms. The Morgan fingerprint density at radius 2 is 1.39 bits per heavy atom. The first-order valence-electron chi connectivity index (χ1n) is 12.9. The molecule has 4 N–H and O–H groups in total. The lowest BCUT2D eigenvalue weighted by molar-refractivity contribution is 0.0791. The van der Waals surface area contributed by atoms with Crippen LogP contribution in [0.4, 0.5) is 0 Å². The van der Waals surface area contributed by atoms with Crippen LogP contribution in [0.5, 0.6) is 0 Å². The summed E-state index contributed by atoms with van der Waals surface area (Å²) in [6, 6.07) is 28.5. The number of hydrogen-bond acceptors (Lipinski definition) is 2. The third kappa shape index (κ3) is 8.56. The van der Waals surface area contributed by atoms with E-state index in [1.54, 1.807) is 0 Å². The molecule has 5 nitrogen and oxygen atoms in total. The van der Waals surface area contributed by atoms with Crippen LogP contribution in [0.3, 0.4) is 0 Å². The summed E-state index contributed by atoms with van der Waals surface area (Å²) in [4.78, 5) is 18.6. The van der Waals surface area contributed by atoms with Gasteiger partial charge < -0.3 is 16.4 Å². The summed E-state index contributed by atoms with van der Waals surface area (Å²) in [7, 11) is 1.88. The van der Waals surface area contributed by atoms with Crippen LogP contribution in [-0.2, 0) is 0 Å². The summed E-state index contributed by atoms with van der Waals surface area (Å²) in [5.74, 6) is 1.18. The molecule has 0 aromatic heterocycles. The second-order valence-electron chi connectivity index (χ2n) is 9.70. The Kier molecular flexibility index (Phi) is 10.6. The maximum absolute atomic E-state index is 12.8. The fourth-order valence-corrected chi connectivity index (χ4v) is 4.65. The fourth-order valence-electron chi connectivity index (χ4n) is 4.65. The normalized spacial score (nSPS) is 13.4. The monoisotopic (exact) mass is 484 g/mol. The quantitative estimate of drug-likeness (QED) is 0.331. The lowest BCUT2D eigenvalue weighted by Gasteiger charge is -2.25. The molecule has 4 rings (SSSR count). The SMILES string of the molecule is Cc1ccc(C(=O)N(C)CC(c2ccccc2)c2ccccc2)cc1.NC(N)=NCC1CCCCC1. The molecule has 1 aliphatic carbocycles. The summed E-state index contributed by atoms with van der Waals surface area (Å²) >= 11 is 0. The first-order chi connectivity index (χ1) is 17.4. The average Bonchev–Trinajstić information content (AvgIpc) is 2.92. The highest BCUT2D eigenvalue weighted by atomic mass is 16.2. The van der Waals surface area contributed by atoms with E-state index in [4.69, 9.17) is 11.5 Å². The third-order valence-corrected chi connectivity index (χ3v) is 6.76. The van der Waals surface area contributed by atoms with E-state index in [9.17, 15) is 4.79 Å². The first-order valence-corrected chi connectivity index (χ1v) is 12.9. The minimum absolute atomic E-state index is 0.0527. The number of likely N-dealkylation sites (N-methyl/N-ethyl adjacent to an activating group) is 1. The predicted octanol–water partition coefficient (Wildman–Crippen LogP) is 5.74. The van der Waals surface area contributed by atoms with Crippen LogP contribution < -0.4 is 11.5 Å². The van der Waals surface area contributed by atoms with Gasteiger partial charge in [0.05, 0.1) is 0 Å². The number of nitrogens with zero attached hydrogens (tertiary/aromatic N) is 2. The Bertz CT molecular complexity index is 1030. The molecule has 190 valence electrons. The molecule has 0 aliphatic heterocycles. The molecule has 0 unspecified atom stereocenters. The Labute approximate surface area is 216 Å². The number of amides is 1. The van der Waals surface area contributed by atoms with Gasteiger partial charge in [-0.1, -0.05) is 97.6 Å². The Balaban J connectivity index is 0.000000275. The molecule has 36 heavy (non-hydrogen) atoms. The molecule has 3 aromatic carbocycles.